The van der Waals surface area contributed by atoms with E-state index in [1.807, 2.05) is 38.1 Å². The summed E-state index contributed by atoms with van der Waals surface area (Å²) in [5.41, 5.74) is 0. The Labute approximate surface area is 109 Å². The lowest BCUT2D eigenvalue weighted by Gasteiger charge is -2.12. The molecule has 0 unspecified atom stereocenters. The van der Waals surface area contributed by atoms with Crippen LogP contribution in [-0.4, -0.2) is 11.9 Å². The van der Waals surface area contributed by atoms with Gasteiger partial charge in [-0.2, -0.15) is 0 Å². The Bertz CT molecular complexity index is 377. The molecule has 0 aliphatic heterocycles. The molecule has 1 aromatic rings. The van der Waals surface area contributed by atoms with E-state index < -0.39 is 0 Å². The van der Waals surface area contributed by atoms with Crippen molar-refractivity contribution in [2.45, 2.75) is 13.8 Å². The lowest BCUT2D eigenvalue weighted by molar-refractivity contribution is 0.337. The molecular weight excluding hydrogens is 291 g/mol. The van der Waals surface area contributed by atoms with Gasteiger partial charge in [0.25, 0.3) is 0 Å². The molecule has 0 saturated heterocycles. The van der Waals surface area contributed by atoms with Crippen molar-refractivity contribution >= 4 is 27.5 Å². The summed E-state index contributed by atoms with van der Waals surface area (Å²) >= 11 is 9.49. The van der Waals surface area contributed by atoms with Gasteiger partial charge in [0, 0.05) is 0 Å². The zero-order valence-electron chi connectivity index (χ0n) is 9.30. The average Bonchev–Trinajstić information content (AvgIpc) is 2.30. The Balaban J connectivity index is 2.92. The highest BCUT2D eigenvalue weighted by Crippen LogP contribution is 2.34. The molecule has 0 N–H and O–H groups in total. The van der Waals surface area contributed by atoms with Crippen LogP contribution in [0.3, 0.4) is 0 Å². The van der Waals surface area contributed by atoms with Gasteiger partial charge in [-0.25, -0.2) is 0 Å². The largest absolute Gasteiger partial charge is 0.492 e. The zero-order valence-corrected chi connectivity index (χ0v) is 11.6. The van der Waals surface area contributed by atoms with Crippen LogP contribution in [0.25, 0.3) is 0 Å². The number of allylic oxidation sites excluding steroid dienone is 2. The molecule has 1 rings (SSSR count). The van der Waals surface area contributed by atoms with E-state index in [0.29, 0.717) is 28.5 Å². The molecule has 0 atom stereocenters. The van der Waals surface area contributed by atoms with Crippen molar-refractivity contribution in [1.82, 2.24) is 0 Å². The molecule has 0 aromatic heterocycles. The third-order valence-electron chi connectivity index (χ3n) is 1.92. The molecule has 0 amide bonds. The van der Waals surface area contributed by atoms with Gasteiger partial charge in [-0.1, -0.05) is 33.6 Å². The molecule has 1 aromatic carbocycles. The van der Waals surface area contributed by atoms with Crippen LogP contribution in [0, 0.1) is 0 Å². The molecule has 0 spiro atoms. The fourth-order valence-corrected chi connectivity index (χ4v) is 1.80. The first-order valence-corrected chi connectivity index (χ1v) is 6.53. The van der Waals surface area contributed by atoms with Gasteiger partial charge in [-0.15, -0.1) is 0 Å². The summed E-state index contributed by atoms with van der Waals surface area (Å²) in [6.45, 7) is 4.41. The normalized spacial score (nSPS) is 11.4. The van der Waals surface area contributed by atoms with Crippen molar-refractivity contribution in [2.75, 3.05) is 11.9 Å². The van der Waals surface area contributed by atoms with Crippen molar-refractivity contribution in [1.29, 1.82) is 0 Å². The molecular formula is C12H14BrClO2. The summed E-state index contributed by atoms with van der Waals surface area (Å²) < 4.78 is 11.0. The lowest BCUT2D eigenvalue weighted by atomic mass is 10.3. The van der Waals surface area contributed by atoms with Crippen LogP contribution in [0.15, 0.2) is 30.0 Å². The standard InChI is InChI=1S/C12H14BrClO2/c1-3-9(8-13)16-11-7-5-6-10(12(11)14)15-4-2/h3,5-7H,4,8H2,1-2H3. The van der Waals surface area contributed by atoms with Crippen molar-refractivity contribution in [3.63, 3.8) is 0 Å². The molecule has 0 saturated carbocycles. The highest BCUT2D eigenvalue weighted by Gasteiger charge is 2.09. The molecule has 4 heteroatoms. The SMILES string of the molecule is CC=C(CBr)Oc1cccc(OCC)c1Cl. The van der Waals surface area contributed by atoms with Gasteiger partial charge in [0.2, 0.25) is 0 Å². The first-order valence-electron chi connectivity index (χ1n) is 5.03. The first kappa shape index (κ1) is 13.4. The van der Waals surface area contributed by atoms with Crippen LogP contribution in [0.5, 0.6) is 11.5 Å². The maximum Gasteiger partial charge on any atom is 0.149 e. The zero-order chi connectivity index (χ0) is 12.0. The molecule has 16 heavy (non-hydrogen) atoms. The highest BCUT2D eigenvalue weighted by atomic mass is 79.9. The van der Waals surface area contributed by atoms with Crippen LogP contribution >= 0.6 is 27.5 Å². The Kier molecular flexibility index (Phi) is 5.71. The number of ether oxygens (including phenoxy) is 2. The minimum atomic E-state index is 0.504. The number of hydrogen-bond donors (Lipinski definition) is 0. The summed E-state index contributed by atoms with van der Waals surface area (Å²) in [5.74, 6) is 2.07. The molecule has 0 heterocycles. The third kappa shape index (κ3) is 3.42. The summed E-state index contributed by atoms with van der Waals surface area (Å²) in [5, 5.41) is 1.16. The van der Waals surface area contributed by atoms with Crippen molar-refractivity contribution in [3.05, 3.63) is 35.1 Å². The van der Waals surface area contributed by atoms with Crippen LogP contribution in [0.1, 0.15) is 13.8 Å². The minimum absolute atomic E-state index is 0.504. The van der Waals surface area contributed by atoms with Crippen molar-refractivity contribution in [2.24, 2.45) is 0 Å². The predicted octanol–water partition coefficient (Wildman–Crippen LogP) is 4.42. The molecule has 0 aliphatic carbocycles. The molecule has 0 bridgehead atoms. The Morgan fingerprint density at radius 3 is 2.69 bits per heavy atom. The van der Waals surface area contributed by atoms with E-state index in [1.165, 1.54) is 0 Å². The van der Waals surface area contributed by atoms with Crippen molar-refractivity contribution < 1.29 is 9.47 Å². The third-order valence-corrected chi connectivity index (χ3v) is 2.85. The Morgan fingerprint density at radius 1 is 1.44 bits per heavy atom. The van der Waals surface area contributed by atoms with Gasteiger partial charge in [0.15, 0.2) is 0 Å². The first-order chi connectivity index (χ1) is 7.72. The quantitative estimate of drug-likeness (QED) is 0.592. The van der Waals surface area contributed by atoms with Crippen molar-refractivity contribution in [3.8, 4) is 11.5 Å². The van der Waals surface area contributed by atoms with E-state index in [1.54, 1.807) is 0 Å². The monoisotopic (exact) mass is 304 g/mol. The number of rotatable bonds is 5. The minimum Gasteiger partial charge on any atom is -0.492 e. The summed E-state index contributed by atoms with van der Waals surface area (Å²) in [4.78, 5) is 0. The number of halogens is 2. The van der Waals surface area contributed by atoms with Gasteiger partial charge < -0.3 is 9.47 Å². The molecule has 88 valence electrons. The van der Waals surface area contributed by atoms with Gasteiger partial charge in [0.05, 0.1) is 11.9 Å². The van der Waals surface area contributed by atoms with E-state index in [0.717, 1.165) is 5.76 Å². The summed E-state index contributed by atoms with van der Waals surface area (Å²) in [6, 6.07) is 5.49. The van der Waals surface area contributed by atoms with Gasteiger partial charge in [-0.3, -0.25) is 0 Å². The van der Waals surface area contributed by atoms with Crippen LogP contribution in [0.4, 0.5) is 0 Å². The second-order valence-corrected chi connectivity index (χ2v) is 3.93. The average molecular weight is 306 g/mol. The van der Waals surface area contributed by atoms with Crippen LogP contribution in [-0.2, 0) is 0 Å². The fourth-order valence-electron chi connectivity index (χ4n) is 1.14. The van der Waals surface area contributed by atoms with Crippen LogP contribution < -0.4 is 9.47 Å². The van der Waals surface area contributed by atoms with Gasteiger partial charge >= 0.3 is 0 Å². The second-order valence-electron chi connectivity index (χ2n) is 2.99. The van der Waals surface area contributed by atoms with E-state index in [2.05, 4.69) is 15.9 Å². The maximum absolute atomic E-state index is 6.15. The van der Waals surface area contributed by atoms with E-state index in [4.69, 9.17) is 21.1 Å². The maximum atomic E-state index is 6.15. The van der Waals surface area contributed by atoms with E-state index >= 15 is 0 Å². The Hall–Kier alpha value is -0.670. The molecule has 2 nitrogen and oxygen atoms in total. The second kappa shape index (κ2) is 6.81. The fraction of sp³-hybridized carbons (Fsp3) is 0.333. The highest BCUT2D eigenvalue weighted by molar-refractivity contribution is 9.09. The number of hydrogen-bond acceptors (Lipinski definition) is 2. The molecule has 0 fully saturated rings. The van der Waals surface area contributed by atoms with Gasteiger partial charge in [0.1, 0.15) is 22.3 Å². The van der Waals surface area contributed by atoms with Gasteiger partial charge in [-0.05, 0) is 32.1 Å². The topological polar surface area (TPSA) is 18.5 Å². The number of benzene rings is 1. The Morgan fingerprint density at radius 2 is 2.12 bits per heavy atom. The lowest BCUT2D eigenvalue weighted by Crippen LogP contribution is -1.98. The van der Waals surface area contributed by atoms with E-state index in [-0.39, 0.29) is 0 Å². The predicted molar refractivity (Wildman–Crippen MR) is 70.8 cm³/mol. The molecule has 0 aliphatic rings. The summed E-state index contributed by atoms with van der Waals surface area (Å²) in [7, 11) is 0. The van der Waals surface area contributed by atoms with Crippen LogP contribution in [0.2, 0.25) is 5.02 Å². The molecule has 0 radical (unpaired) electrons. The van der Waals surface area contributed by atoms with E-state index in [9.17, 15) is 0 Å². The summed E-state index contributed by atoms with van der Waals surface area (Å²) in [6.07, 6.45) is 1.89. The number of alkyl halides is 1. The smallest absolute Gasteiger partial charge is 0.149 e.